The molecule has 0 aromatic heterocycles. The number of carbonyl (C=O) groups excluding carboxylic acids is 2. The fraction of sp³-hybridized carbons (Fsp3) is 0.286. The quantitative estimate of drug-likeness (QED) is 0.521. The van der Waals surface area contributed by atoms with Gasteiger partial charge in [-0.3, -0.25) is 4.90 Å². The van der Waals surface area contributed by atoms with Crippen LogP contribution in [0.4, 0.5) is 4.79 Å². The number of aliphatic hydroxyl groups excluding tert-OH is 1. The van der Waals surface area contributed by atoms with E-state index in [1.165, 1.54) is 0 Å². The van der Waals surface area contributed by atoms with E-state index < -0.39 is 30.4 Å². The predicted molar refractivity (Wildman–Crippen MR) is 127 cm³/mol. The molecule has 1 aliphatic rings. The molecule has 1 N–H and O–H groups in total. The van der Waals surface area contributed by atoms with E-state index in [-0.39, 0.29) is 12.5 Å². The molecule has 0 bridgehead atoms. The molecule has 6 nitrogen and oxygen atoms in total. The third kappa shape index (κ3) is 5.46. The summed E-state index contributed by atoms with van der Waals surface area (Å²) in [5.41, 5.74) is 2.47. The van der Waals surface area contributed by atoms with Gasteiger partial charge in [-0.15, -0.1) is 0 Å². The van der Waals surface area contributed by atoms with Crippen LogP contribution in [0.1, 0.15) is 42.6 Å². The molecular weight excluding hydrogens is 430 g/mol. The monoisotopic (exact) mass is 459 g/mol. The Morgan fingerprint density at radius 2 is 1.41 bits per heavy atom. The smallest absolute Gasteiger partial charge is 0.412 e. The van der Waals surface area contributed by atoms with E-state index >= 15 is 0 Å². The molecule has 0 saturated carbocycles. The number of aliphatic hydroxyl groups is 1. The minimum absolute atomic E-state index is 0.0513. The number of nitrogens with zero attached hydrogens (tertiary/aromatic N) is 1. The summed E-state index contributed by atoms with van der Waals surface area (Å²) in [5.74, 6) is -0.757. The molecule has 1 saturated heterocycles. The second-order valence-corrected chi connectivity index (χ2v) is 8.57. The zero-order valence-electron chi connectivity index (χ0n) is 19.1. The van der Waals surface area contributed by atoms with Gasteiger partial charge in [-0.25, -0.2) is 9.59 Å². The second kappa shape index (κ2) is 11.0. The topological polar surface area (TPSA) is 76.1 Å². The molecule has 1 aliphatic heterocycles. The lowest BCUT2D eigenvalue weighted by Gasteiger charge is -2.40. The first-order valence-corrected chi connectivity index (χ1v) is 11.5. The third-order valence-electron chi connectivity index (χ3n) is 6.15. The molecule has 0 unspecified atom stereocenters. The van der Waals surface area contributed by atoms with Gasteiger partial charge in [0.1, 0.15) is 18.9 Å². The van der Waals surface area contributed by atoms with Crippen molar-refractivity contribution in [2.24, 2.45) is 5.92 Å². The van der Waals surface area contributed by atoms with Crippen LogP contribution in [0.2, 0.25) is 0 Å². The number of carbonyl (C=O) groups is 2. The standard InChI is InChI=1S/C28H29NO5/c1-20-17-18-24(29(26(20)30)28(32)33-19-21-11-5-2-6-12-21)27(31)34-25(22-13-7-3-8-14-22)23-15-9-4-10-16-23/h2-16,20,24-26,30H,17-19H2,1H3/t20-,24-,26+/m0/s1. The van der Waals surface area contributed by atoms with E-state index in [2.05, 4.69) is 0 Å². The number of ether oxygens (including phenoxy) is 2. The SMILES string of the molecule is C[C@H]1CC[C@@H](C(=O)OC(c2ccccc2)c2ccccc2)N(C(=O)OCc2ccccc2)[C@@H]1O. The number of likely N-dealkylation sites (tertiary alicyclic amines) is 1. The molecule has 0 spiro atoms. The number of esters is 1. The fourth-order valence-corrected chi connectivity index (χ4v) is 4.21. The average molecular weight is 460 g/mol. The molecular formula is C28H29NO5. The molecule has 6 heteroatoms. The van der Waals surface area contributed by atoms with Gasteiger partial charge in [-0.1, -0.05) is 97.9 Å². The van der Waals surface area contributed by atoms with Crippen molar-refractivity contribution >= 4 is 12.1 Å². The summed E-state index contributed by atoms with van der Waals surface area (Å²) >= 11 is 0. The fourth-order valence-electron chi connectivity index (χ4n) is 4.21. The van der Waals surface area contributed by atoms with Gasteiger partial charge in [0.05, 0.1) is 0 Å². The molecule has 1 heterocycles. The summed E-state index contributed by atoms with van der Waals surface area (Å²) < 4.78 is 11.4. The first-order valence-electron chi connectivity index (χ1n) is 11.5. The molecule has 4 rings (SSSR count). The van der Waals surface area contributed by atoms with E-state index in [9.17, 15) is 14.7 Å². The largest absolute Gasteiger partial charge is 0.451 e. The Labute approximate surface area is 199 Å². The van der Waals surface area contributed by atoms with Crippen molar-refractivity contribution in [2.45, 2.75) is 44.7 Å². The average Bonchev–Trinajstić information content (AvgIpc) is 2.88. The molecule has 0 radical (unpaired) electrons. The maximum absolute atomic E-state index is 13.4. The van der Waals surface area contributed by atoms with Crippen molar-refractivity contribution in [1.82, 2.24) is 4.90 Å². The van der Waals surface area contributed by atoms with Gasteiger partial charge in [0.15, 0.2) is 6.10 Å². The Morgan fingerprint density at radius 1 is 0.882 bits per heavy atom. The van der Waals surface area contributed by atoms with Gasteiger partial charge in [-0.2, -0.15) is 0 Å². The number of amides is 1. The zero-order chi connectivity index (χ0) is 23.9. The lowest BCUT2D eigenvalue weighted by Crippen LogP contribution is -2.56. The van der Waals surface area contributed by atoms with Crippen LogP contribution in [-0.2, 0) is 20.9 Å². The lowest BCUT2D eigenvalue weighted by atomic mass is 9.92. The summed E-state index contributed by atoms with van der Waals surface area (Å²) in [5, 5.41) is 10.8. The van der Waals surface area contributed by atoms with Crippen molar-refractivity contribution in [3.05, 3.63) is 108 Å². The summed E-state index contributed by atoms with van der Waals surface area (Å²) in [6.07, 6.45) is -1.53. The van der Waals surface area contributed by atoms with Gasteiger partial charge in [0.2, 0.25) is 0 Å². The van der Waals surface area contributed by atoms with Crippen LogP contribution in [0, 0.1) is 5.92 Å². The summed E-state index contributed by atoms with van der Waals surface area (Å²) in [6, 6.07) is 27.3. The van der Waals surface area contributed by atoms with Crippen molar-refractivity contribution in [3.63, 3.8) is 0 Å². The molecule has 3 atom stereocenters. The first-order chi connectivity index (χ1) is 16.5. The minimum Gasteiger partial charge on any atom is -0.451 e. The zero-order valence-corrected chi connectivity index (χ0v) is 19.1. The number of hydrogen-bond acceptors (Lipinski definition) is 5. The molecule has 34 heavy (non-hydrogen) atoms. The normalized spacial score (nSPS) is 20.1. The number of piperidine rings is 1. The van der Waals surface area contributed by atoms with Crippen LogP contribution in [0.3, 0.4) is 0 Å². The summed E-state index contributed by atoms with van der Waals surface area (Å²) in [6.45, 7) is 1.90. The highest BCUT2D eigenvalue weighted by Gasteiger charge is 2.43. The Morgan fingerprint density at radius 3 is 1.97 bits per heavy atom. The maximum atomic E-state index is 13.4. The van der Waals surface area contributed by atoms with E-state index in [0.717, 1.165) is 21.6 Å². The number of benzene rings is 3. The number of hydrogen-bond donors (Lipinski definition) is 1. The van der Waals surface area contributed by atoms with Crippen LogP contribution >= 0.6 is 0 Å². The van der Waals surface area contributed by atoms with E-state index in [0.29, 0.717) is 12.8 Å². The van der Waals surface area contributed by atoms with Gasteiger partial charge >= 0.3 is 12.1 Å². The molecule has 0 aliphatic carbocycles. The van der Waals surface area contributed by atoms with E-state index in [1.807, 2.05) is 97.9 Å². The Kier molecular flexibility index (Phi) is 7.60. The molecule has 3 aromatic carbocycles. The molecule has 3 aromatic rings. The summed E-state index contributed by atoms with van der Waals surface area (Å²) in [4.78, 5) is 27.5. The van der Waals surface area contributed by atoms with Crippen LogP contribution < -0.4 is 0 Å². The third-order valence-corrected chi connectivity index (χ3v) is 6.15. The Bertz CT molecular complexity index is 1030. The van der Waals surface area contributed by atoms with Crippen molar-refractivity contribution in [3.8, 4) is 0 Å². The predicted octanol–water partition coefficient (Wildman–Crippen LogP) is 5.07. The van der Waals surface area contributed by atoms with E-state index in [1.54, 1.807) is 0 Å². The second-order valence-electron chi connectivity index (χ2n) is 8.57. The van der Waals surface area contributed by atoms with Crippen LogP contribution in [0.15, 0.2) is 91.0 Å². The molecule has 1 fully saturated rings. The highest BCUT2D eigenvalue weighted by molar-refractivity contribution is 5.82. The van der Waals surface area contributed by atoms with E-state index in [4.69, 9.17) is 9.47 Å². The van der Waals surface area contributed by atoms with Gasteiger partial charge < -0.3 is 14.6 Å². The summed E-state index contributed by atoms with van der Waals surface area (Å²) in [7, 11) is 0. The number of rotatable bonds is 6. The van der Waals surface area contributed by atoms with Gasteiger partial charge in [0.25, 0.3) is 0 Å². The van der Waals surface area contributed by atoms with Crippen molar-refractivity contribution in [2.75, 3.05) is 0 Å². The van der Waals surface area contributed by atoms with Gasteiger partial charge in [0, 0.05) is 5.92 Å². The van der Waals surface area contributed by atoms with Crippen LogP contribution in [0.25, 0.3) is 0 Å². The van der Waals surface area contributed by atoms with Gasteiger partial charge in [-0.05, 0) is 29.5 Å². The highest BCUT2D eigenvalue weighted by atomic mass is 16.6. The minimum atomic E-state index is -1.14. The van der Waals surface area contributed by atoms with Crippen molar-refractivity contribution in [1.29, 1.82) is 0 Å². The molecule has 176 valence electrons. The Hall–Kier alpha value is -3.64. The first kappa shape index (κ1) is 23.5. The Balaban J connectivity index is 1.54. The maximum Gasteiger partial charge on any atom is 0.412 e. The van der Waals surface area contributed by atoms with Crippen molar-refractivity contribution < 1.29 is 24.2 Å². The highest BCUT2D eigenvalue weighted by Crippen LogP contribution is 2.32. The lowest BCUT2D eigenvalue weighted by molar-refractivity contribution is -0.164. The van der Waals surface area contributed by atoms with Crippen LogP contribution in [-0.4, -0.2) is 34.3 Å². The van der Waals surface area contributed by atoms with Crippen LogP contribution in [0.5, 0.6) is 0 Å². The molecule has 1 amide bonds.